The van der Waals surface area contributed by atoms with E-state index in [2.05, 4.69) is 10.3 Å². The smallest absolute Gasteiger partial charge is 0.339 e. The van der Waals surface area contributed by atoms with Gasteiger partial charge < -0.3 is 10.1 Å². The van der Waals surface area contributed by atoms with E-state index in [9.17, 15) is 18.0 Å². The first-order valence-electron chi connectivity index (χ1n) is 7.72. The van der Waals surface area contributed by atoms with Gasteiger partial charge in [-0.1, -0.05) is 12.1 Å². The Morgan fingerprint density at radius 1 is 1.26 bits per heavy atom. The molecule has 27 heavy (non-hydrogen) atoms. The van der Waals surface area contributed by atoms with Crippen molar-refractivity contribution in [2.75, 3.05) is 13.2 Å². The monoisotopic (exact) mass is 425 g/mol. The number of esters is 1. The zero-order valence-electron chi connectivity index (χ0n) is 13.9. The van der Waals surface area contributed by atoms with E-state index in [4.69, 9.17) is 9.88 Å². The van der Waals surface area contributed by atoms with E-state index in [1.165, 1.54) is 5.38 Å². The largest absolute Gasteiger partial charge is 0.452 e. The van der Waals surface area contributed by atoms with Crippen molar-refractivity contribution in [1.29, 1.82) is 0 Å². The van der Waals surface area contributed by atoms with Crippen LogP contribution in [0.25, 0.3) is 10.2 Å². The molecule has 3 rings (SSSR count). The summed E-state index contributed by atoms with van der Waals surface area (Å²) in [5.41, 5.74) is 0.957. The van der Waals surface area contributed by atoms with Gasteiger partial charge in [0.2, 0.25) is 10.0 Å². The number of thiazole rings is 1. The lowest BCUT2D eigenvalue weighted by atomic mass is 10.3. The molecule has 1 amide bonds. The predicted octanol–water partition coefficient (Wildman–Crippen LogP) is 1.52. The van der Waals surface area contributed by atoms with Crippen molar-refractivity contribution in [2.45, 2.75) is 10.6 Å². The number of nitrogens with two attached hydrogens (primary N) is 1. The fraction of sp³-hybridized carbons (Fsp3) is 0.188. The average Bonchev–Trinajstić information content (AvgIpc) is 3.26. The number of fused-ring (bicyclic) bond motifs is 1. The summed E-state index contributed by atoms with van der Waals surface area (Å²) in [6, 6.07) is 8.90. The van der Waals surface area contributed by atoms with Crippen LogP contribution in [0.3, 0.4) is 0 Å². The molecule has 0 unspecified atom stereocenters. The van der Waals surface area contributed by atoms with Crippen molar-refractivity contribution in [3.8, 4) is 0 Å². The van der Waals surface area contributed by atoms with Crippen LogP contribution in [-0.4, -0.2) is 38.4 Å². The van der Waals surface area contributed by atoms with Gasteiger partial charge in [0.1, 0.15) is 4.21 Å². The van der Waals surface area contributed by atoms with Gasteiger partial charge in [0, 0.05) is 18.3 Å². The van der Waals surface area contributed by atoms with Crippen LogP contribution in [0.1, 0.15) is 15.4 Å². The van der Waals surface area contributed by atoms with E-state index < -0.39 is 28.5 Å². The van der Waals surface area contributed by atoms with Gasteiger partial charge in [-0.05, 0) is 18.2 Å². The number of thiophene rings is 1. The molecule has 8 nitrogen and oxygen atoms in total. The van der Waals surface area contributed by atoms with Crippen LogP contribution >= 0.6 is 22.7 Å². The first kappa shape index (κ1) is 19.4. The van der Waals surface area contributed by atoms with Gasteiger partial charge in [-0.2, -0.15) is 0 Å². The average molecular weight is 426 g/mol. The Balaban J connectivity index is 1.44. The third-order valence-electron chi connectivity index (χ3n) is 3.43. The lowest BCUT2D eigenvalue weighted by molar-refractivity contribution is -0.124. The van der Waals surface area contributed by atoms with Crippen molar-refractivity contribution in [3.63, 3.8) is 0 Å². The van der Waals surface area contributed by atoms with Crippen LogP contribution in [0.5, 0.6) is 0 Å². The molecule has 2 aromatic heterocycles. The van der Waals surface area contributed by atoms with Gasteiger partial charge >= 0.3 is 5.97 Å². The Bertz CT molecular complexity index is 1050. The summed E-state index contributed by atoms with van der Waals surface area (Å²) in [5, 5.41) is 9.85. The summed E-state index contributed by atoms with van der Waals surface area (Å²) in [5.74, 6) is -1.24. The van der Waals surface area contributed by atoms with Crippen LogP contribution in [-0.2, 0) is 26.0 Å². The topological polar surface area (TPSA) is 128 Å². The van der Waals surface area contributed by atoms with Crippen molar-refractivity contribution < 1.29 is 22.7 Å². The van der Waals surface area contributed by atoms with E-state index >= 15 is 0 Å². The van der Waals surface area contributed by atoms with Gasteiger partial charge in [-0.3, -0.25) is 4.79 Å². The number of carbonyl (C=O) groups excluding carboxylic acids is 2. The van der Waals surface area contributed by atoms with E-state index in [1.807, 2.05) is 24.3 Å². The van der Waals surface area contributed by atoms with Gasteiger partial charge in [-0.15, -0.1) is 22.7 Å². The van der Waals surface area contributed by atoms with Gasteiger partial charge in [0.15, 0.2) is 6.61 Å². The molecule has 2 heterocycles. The Morgan fingerprint density at radius 2 is 2.04 bits per heavy atom. The summed E-state index contributed by atoms with van der Waals surface area (Å²) in [4.78, 5) is 28.1. The SMILES string of the molecule is NS(=O)(=O)c1cc(C(=O)OCC(=O)NCCc2nc3ccccc3s2)cs1. The number of hydrogen-bond donors (Lipinski definition) is 2. The standard InChI is InChI=1S/C16H15N3O5S3/c17-27(22,23)15-7-10(9-25-15)16(21)24-8-13(20)18-6-5-14-19-11-3-1-2-4-12(11)26-14/h1-4,7,9H,5-6,8H2,(H,18,20)(H2,17,22,23). The summed E-state index contributed by atoms with van der Waals surface area (Å²) < 4.78 is 28.2. The summed E-state index contributed by atoms with van der Waals surface area (Å²) in [6.07, 6.45) is 0.571. The summed E-state index contributed by atoms with van der Waals surface area (Å²) in [7, 11) is -3.87. The predicted molar refractivity (Wildman–Crippen MR) is 102 cm³/mol. The van der Waals surface area contributed by atoms with Crippen LogP contribution < -0.4 is 10.5 Å². The number of benzene rings is 1. The fourth-order valence-corrected chi connectivity index (χ4v) is 4.72. The molecule has 142 valence electrons. The van der Waals surface area contributed by atoms with Gasteiger partial charge in [0.05, 0.1) is 20.8 Å². The third kappa shape index (κ3) is 5.10. The number of sulfonamides is 1. The number of primary sulfonamides is 1. The van der Waals surface area contributed by atoms with Gasteiger partial charge in [0.25, 0.3) is 5.91 Å². The lowest BCUT2D eigenvalue weighted by Gasteiger charge is -2.05. The molecule has 0 spiro atoms. The van der Waals surface area contributed by atoms with E-state index in [-0.39, 0.29) is 9.77 Å². The first-order chi connectivity index (χ1) is 12.8. The second-order valence-electron chi connectivity index (χ2n) is 5.45. The second kappa shape index (κ2) is 8.13. The Hall–Kier alpha value is -2.34. The molecule has 0 saturated heterocycles. The maximum Gasteiger partial charge on any atom is 0.339 e. The molecule has 3 N–H and O–H groups in total. The maximum absolute atomic E-state index is 11.8. The molecule has 3 aromatic rings. The summed E-state index contributed by atoms with van der Waals surface area (Å²) in [6.45, 7) is -0.0938. The quantitative estimate of drug-likeness (QED) is 0.552. The minimum atomic E-state index is -3.87. The van der Waals surface area contributed by atoms with Crippen molar-refractivity contribution in [3.05, 3.63) is 46.3 Å². The molecule has 0 radical (unpaired) electrons. The molecular formula is C16H15N3O5S3. The molecule has 1 aromatic carbocycles. The van der Waals surface area contributed by atoms with E-state index in [0.717, 1.165) is 32.6 Å². The van der Waals surface area contributed by atoms with Crippen LogP contribution in [0.2, 0.25) is 0 Å². The number of nitrogens with zero attached hydrogens (tertiary/aromatic N) is 1. The molecule has 11 heteroatoms. The second-order valence-corrected chi connectivity index (χ2v) is 9.27. The number of amides is 1. The fourth-order valence-electron chi connectivity index (χ4n) is 2.17. The molecule has 0 fully saturated rings. The highest BCUT2D eigenvalue weighted by Crippen LogP contribution is 2.21. The van der Waals surface area contributed by atoms with Crippen molar-refractivity contribution in [1.82, 2.24) is 10.3 Å². The number of aromatic nitrogens is 1. The molecular weight excluding hydrogens is 410 g/mol. The Labute approximate surface area is 163 Å². The van der Waals surface area contributed by atoms with Crippen molar-refractivity contribution in [2.24, 2.45) is 5.14 Å². The Kier molecular flexibility index (Phi) is 5.85. The molecule has 0 aliphatic carbocycles. The molecule has 0 saturated carbocycles. The summed E-state index contributed by atoms with van der Waals surface area (Å²) >= 11 is 2.37. The highest BCUT2D eigenvalue weighted by molar-refractivity contribution is 7.91. The number of ether oxygens (including phenoxy) is 1. The molecule has 0 aliphatic rings. The minimum Gasteiger partial charge on any atom is -0.452 e. The van der Waals surface area contributed by atoms with Crippen LogP contribution in [0, 0.1) is 0 Å². The van der Waals surface area contributed by atoms with Crippen LogP contribution in [0.15, 0.2) is 39.9 Å². The normalized spacial score (nSPS) is 11.4. The number of para-hydroxylation sites is 1. The number of rotatable bonds is 7. The Morgan fingerprint density at radius 3 is 2.74 bits per heavy atom. The number of hydrogen-bond acceptors (Lipinski definition) is 8. The minimum absolute atomic E-state index is 0.0336. The molecule has 0 bridgehead atoms. The highest BCUT2D eigenvalue weighted by atomic mass is 32.2. The zero-order valence-corrected chi connectivity index (χ0v) is 16.3. The van der Waals surface area contributed by atoms with E-state index in [0.29, 0.717) is 13.0 Å². The molecule has 0 atom stereocenters. The van der Waals surface area contributed by atoms with E-state index in [1.54, 1.807) is 11.3 Å². The van der Waals surface area contributed by atoms with Gasteiger partial charge in [-0.25, -0.2) is 23.3 Å². The first-order valence-corrected chi connectivity index (χ1v) is 11.0. The molecule has 0 aliphatic heterocycles. The number of nitrogens with one attached hydrogen (secondary N) is 1. The number of carbonyl (C=O) groups is 2. The van der Waals surface area contributed by atoms with Crippen LogP contribution in [0.4, 0.5) is 0 Å². The lowest BCUT2D eigenvalue weighted by Crippen LogP contribution is -2.30. The van der Waals surface area contributed by atoms with Crippen molar-refractivity contribution >= 4 is 54.8 Å². The maximum atomic E-state index is 11.8. The zero-order chi connectivity index (χ0) is 19.4. The third-order valence-corrected chi connectivity index (χ3v) is 6.91. The highest BCUT2D eigenvalue weighted by Gasteiger charge is 2.17.